The van der Waals surface area contributed by atoms with Crippen molar-refractivity contribution < 1.29 is 3.79 Å². The van der Waals surface area contributed by atoms with E-state index >= 15 is 0 Å². The summed E-state index contributed by atoms with van der Waals surface area (Å²) < 4.78 is 6.43. The van der Waals surface area contributed by atoms with Gasteiger partial charge < -0.3 is 3.79 Å². The average Bonchev–Trinajstić information content (AvgIpc) is 2.27. The number of rotatable bonds is 4. The second-order valence-electron chi connectivity index (χ2n) is 8.72. The van der Waals surface area contributed by atoms with Crippen molar-refractivity contribution in [2.75, 3.05) is 0 Å². The Bertz CT molecular complexity index is 440. The van der Waals surface area contributed by atoms with Crippen molar-refractivity contribution in [3.8, 4) is 5.75 Å². The van der Waals surface area contributed by atoms with E-state index in [1.807, 2.05) is 0 Å². The number of hydrogen-bond donors (Lipinski definition) is 0. The predicted molar refractivity (Wildman–Crippen MR) is 96.0 cm³/mol. The van der Waals surface area contributed by atoms with E-state index in [-0.39, 0.29) is 10.8 Å². The largest absolute Gasteiger partial charge is 0.645 e. The SMILES string of the molecule is Cc1cc(C(C)(C)C)c([O][AlH][CH2]C(C)C)c(C(C)(C)C)c1. The fourth-order valence-corrected chi connectivity index (χ4v) is 3.54. The van der Waals surface area contributed by atoms with Crippen LogP contribution >= 0.6 is 0 Å². The standard InChI is InChI=1S/C15H24O.C4H9.Al.H/c1-10-8-11(14(2,3)4)13(16)12(9-10)15(5,6)7;1-4(2)3;;/h8-9,16H,1-7H3;4H,1H2,2-3H3;;/q;;+1;/p-1. The maximum absolute atomic E-state index is 6.43. The van der Waals surface area contributed by atoms with Crippen LogP contribution in [0.2, 0.25) is 5.28 Å². The van der Waals surface area contributed by atoms with E-state index in [9.17, 15) is 0 Å². The molecule has 1 nitrogen and oxygen atoms in total. The van der Waals surface area contributed by atoms with Crippen molar-refractivity contribution in [3.05, 3.63) is 28.8 Å². The lowest BCUT2D eigenvalue weighted by Crippen LogP contribution is -2.21. The molecule has 0 bridgehead atoms. The molecule has 0 unspecified atom stereocenters. The third kappa shape index (κ3) is 5.35. The fraction of sp³-hybridized carbons (Fsp3) is 0.684. The summed E-state index contributed by atoms with van der Waals surface area (Å²) in [6.45, 7) is 20.4. The van der Waals surface area contributed by atoms with Gasteiger partial charge in [0.25, 0.3) is 0 Å². The quantitative estimate of drug-likeness (QED) is 0.677. The topological polar surface area (TPSA) is 9.23 Å². The molecule has 0 saturated carbocycles. The summed E-state index contributed by atoms with van der Waals surface area (Å²) in [4.78, 5) is 0. The van der Waals surface area contributed by atoms with E-state index in [0.717, 1.165) is 5.92 Å². The molecule has 2 heteroatoms. The van der Waals surface area contributed by atoms with E-state index in [2.05, 4.69) is 74.4 Å². The van der Waals surface area contributed by atoms with Crippen molar-refractivity contribution in [2.24, 2.45) is 5.92 Å². The third-order valence-corrected chi connectivity index (χ3v) is 5.67. The normalized spacial score (nSPS) is 12.7. The van der Waals surface area contributed by atoms with Gasteiger partial charge in [-0.05, 0) is 28.9 Å². The first-order valence-electron chi connectivity index (χ1n) is 8.21. The van der Waals surface area contributed by atoms with Crippen molar-refractivity contribution in [1.29, 1.82) is 0 Å². The molecule has 0 radical (unpaired) electrons. The average molecular weight is 304 g/mol. The Kier molecular flexibility index (Phi) is 5.99. The van der Waals surface area contributed by atoms with Gasteiger partial charge in [0.15, 0.2) is 0 Å². The first kappa shape index (κ1) is 18.6. The Labute approximate surface area is 138 Å². The first-order chi connectivity index (χ1) is 9.43. The maximum atomic E-state index is 6.43. The molecule has 0 heterocycles. The molecule has 0 aliphatic rings. The summed E-state index contributed by atoms with van der Waals surface area (Å²) in [5, 5.41) is 1.24. The smallest absolute Gasteiger partial charge is 0.522 e. The molecule has 0 spiro atoms. The number of hydrogen-bond acceptors (Lipinski definition) is 1. The van der Waals surface area contributed by atoms with Crippen LogP contribution in [0.25, 0.3) is 0 Å². The second kappa shape index (κ2) is 6.76. The molecule has 0 saturated heterocycles. The molecule has 0 aliphatic carbocycles. The van der Waals surface area contributed by atoms with E-state index in [1.54, 1.807) is 0 Å². The van der Waals surface area contributed by atoms with Crippen LogP contribution in [-0.2, 0) is 10.8 Å². The molecular weight excluding hydrogens is 271 g/mol. The van der Waals surface area contributed by atoms with E-state index in [0.29, 0.717) is 0 Å². The maximum Gasteiger partial charge on any atom is 0.522 e. The number of benzene rings is 1. The van der Waals surface area contributed by atoms with Gasteiger partial charge in [-0.3, -0.25) is 0 Å². The Balaban J connectivity index is 3.33. The van der Waals surface area contributed by atoms with Crippen LogP contribution in [0.5, 0.6) is 5.75 Å². The van der Waals surface area contributed by atoms with Crippen molar-refractivity contribution in [1.82, 2.24) is 0 Å². The van der Waals surface area contributed by atoms with Crippen LogP contribution in [0.1, 0.15) is 72.1 Å². The van der Waals surface area contributed by atoms with Crippen LogP contribution in [0.3, 0.4) is 0 Å². The lowest BCUT2D eigenvalue weighted by molar-refractivity contribution is 0.488. The van der Waals surface area contributed by atoms with E-state index in [4.69, 9.17) is 3.79 Å². The predicted octanol–water partition coefficient (Wildman–Crippen LogP) is 5.39. The summed E-state index contributed by atoms with van der Waals surface area (Å²) >= 11 is -0.505. The molecule has 1 rings (SSSR count). The molecule has 118 valence electrons. The summed E-state index contributed by atoms with van der Waals surface area (Å²) in [5.74, 6) is 1.91. The van der Waals surface area contributed by atoms with Crippen LogP contribution < -0.4 is 3.79 Å². The molecular formula is C19H33AlO. The molecule has 1 aromatic rings. The van der Waals surface area contributed by atoms with Gasteiger partial charge in [0.05, 0.1) is 5.75 Å². The van der Waals surface area contributed by atoms with Crippen molar-refractivity contribution >= 4 is 15.6 Å². The van der Waals surface area contributed by atoms with Gasteiger partial charge in [-0.15, -0.1) is 0 Å². The minimum Gasteiger partial charge on any atom is -0.645 e. The highest BCUT2D eigenvalue weighted by atomic mass is 27.1. The Morgan fingerprint density at radius 3 is 1.71 bits per heavy atom. The summed E-state index contributed by atoms with van der Waals surface area (Å²) in [5.41, 5.74) is 4.30. The highest BCUT2D eigenvalue weighted by Crippen LogP contribution is 2.40. The van der Waals surface area contributed by atoms with Gasteiger partial charge in [-0.25, -0.2) is 0 Å². The zero-order chi connectivity index (χ0) is 16.4. The molecule has 0 aromatic heterocycles. The Morgan fingerprint density at radius 2 is 1.38 bits per heavy atom. The fourth-order valence-electron chi connectivity index (χ4n) is 2.44. The molecule has 0 aliphatic heterocycles. The Morgan fingerprint density at radius 1 is 0.952 bits per heavy atom. The van der Waals surface area contributed by atoms with E-state index in [1.165, 1.54) is 27.7 Å². The highest BCUT2D eigenvalue weighted by Gasteiger charge is 2.27. The lowest BCUT2D eigenvalue weighted by atomic mass is 9.78. The van der Waals surface area contributed by atoms with Crippen molar-refractivity contribution in [3.63, 3.8) is 0 Å². The zero-order valence-electron chi connectivity index (χ0n) is 15.6. The van der Waals surface area contributed by atoms with Gasteiger partial charge in [-0.1, -0.05) is 84.3 Å². The molecule has 0 fully saturated rings. The van der Waals surface area contributed by atoms with Gasteiger partial charge in [-0.2, -0.15) is 0 Å². The van der Waals surface area contributed by atoms with Gasteiger partial charge in [0, 0.05) is 0 Å². The zero-order valence-corrected chi connectivity index (χ0v) is 17.0. The third-order valence-electron chi connectivity index (χ3n) is 3.79. The monoisotopic (exact) mass is 304 g/mol. The van der Waals surface area contributed by atoms with Gasteiger partial charge >= 0.3 is 15.6 Å². The summed E-state index contributed by atoms with van der Waals surface area (Å²) in [6, 6.07) is 4.63. The second-order valence-corrected chi connectivity index (χ2v) is 9.99. The van der Waals surface area contributed by atoms with Crippen LogP contribution in [-0.4, -0.2) is 15.6 Å². The number of aryl methyl sites for hydroxylation is 1. The summed E-state index contributed by atoms with van der Waals surface area (Å²) in [7, 11) is 0. The van der Waals surface area contributed by atoms with Crippen LogP contribution in [0.4, 0.5) is 0 Å². The lowest BCUT2D eigenvalue weighted by Gasteiger charge is -2.31. The van der Waals surface area contributed by atoms with E-state index < -0.39 is 15.6 Å². The molecule has 21 heavy (non-hydrogen) atoms. The molecule has 0 amide bonds. The van der Waals surface area contributed by atoms with Gasteiger partial charge in [0.1, 0.15) is 0 Å². The molecule has 1 aromatic carbocycles. The molecule has 0 N–H and O–H groups in total. The highest BCUT2D eigenvalue weighted by molar-refractivity contribution is 6.28. The van der Waals surface area contributed by atoms with Gasteiger partial charge in [0.2, 0.25) is 0 Å². The van der Waals surface area contributed by atoms with Crippen LogP contribution in [0.15, 0.2) is 12.1 Å². The first-order valence-corrected chi connectivity index (χ1v) is 9.79. The Hall–Kier alpha value is -0.448. The minimum atomic E-state index is -0.505. The molecule has 0 atom stereocenters. The summed E-state index contributed by atoms with van der Waals surface area (Å²) in [6.07, 6.45) is 0. The van der Waals surface area contributed by atoms with Crippen LogP contribution in [0, 0.1) is 12.8 Å². The minimum absolute atomic E-state index is 0.119. The van der Waals surface area contributed by atoms with Crippen molar-refractivity contribution in [2.45, 2.75) is 78.4 Å².